The third-order valence-electron chi connectivity index (χ3n) is 14.5. The molecular formula is C58H65B2NSi. The summed E-state index contributed by atoms with van der Waals surface area (Å²) in [6.07, 6.45) is 4.56. The summed E-state index contributed by atoms with van der Waals surface area (Å²) in [5.41, 5.74) is 26.6. The van der Waals surface area contributed by atoms with Crippen LogP contribution in [-0.2, 0) is 0 Å². The molecule has 6 aromatic carbocycles. The molecule has 3 aliphatic heterocycles. The van der Waals surface area contributed by atoms with Crippen molar-refractivity contribution in [1.82, 2.24) is 0 Å². The molecule has 0 bridgehead atoms. The van der Waals surface area contributed by atoms with Gasteiger partial charge in [0.25, 0.3) is 0 Å². The zero-order chi connectivity index (χ0) is 43.8. The molecule has 0 unspecified atom stereocenters. The Morgan fingerprint density at radius 1 is 0.387 bits per heavy atom. The maximum absolute atomic E-state index is 2.63. The zero-order valence-electron chi connectivity index (χ0n) is 39.3. The second-order valence-corrected chi connectivity index (χ2v) is 23.9. The number of para-hydroxylation sites is 2. The van der Waals surface area contributed by atoms with E-state index in [0.717, 1.165) is 0 Å². The van der Waals surface area contributed by atoms with E-state index in [1.165, 1.54) is 93.6 Å². The highest BCUT2D eigenvalue weighted by atomic mass is 28.3. The highest BCUT2D eigenvalue weighted by Gasteiger charge is 2.46. The Morgan fingerprint density at radius 3 is 1.16 bits per heavy atom. The number of allylic oxidation sites excluding steroid dienone is 2. The van der Waals surface area contributed by atoms with Crippen LogP contribution in [0.2, 0.25) is 0 Å². The van der Waals surface area contributed by atoms with E-state index in [9.17, 15) is 0 Å². The predicted octanol–water partition coefficient (Wildman–Crippen LogP) is 10.3. The van der Waals surface area contributed by atoms with Crippen molar-refractivity contribution in [3.05, 3.63) is 172 Å². The van der Waals surface area contributed by atoms with Gasteiger partial charge >= 0.3 is 0 Å². The van der Waals surface area contributed by atoms with E-state index in [4.69, 9.17) is 0 Å². The van der Waals surface area contributed by atoms with E-state index in [2.05, 4.69) is 227 Å². The van der Waals surface area contributed by atoms with E-state index in [0.29, 0.717) is 35.5 Å². The first-order valence-electron chi connectivity index (χ1n) is 23.7. The molecule has 1 nitrogen and oxygen atoms in total. The Bertz CT molecular complexity index is 2630. The van der Waals surface area contributed by atoms with Crippen LogP contribution in [0.3, 0.4) is 0 Å². The third-order valence-corrected chi connectivity index (χ3v) is 18.6. The van der Waals surface area contributed by atoms with Crippen molar-refractivity contribution in [3.63, 3.8) is 0 Å². The van der Waals surface area contributed by atoms with Gasteiger partial charge in [-0.2, -0.15) is 0 Å². The van der Waals surface area contributed by atoms with Crippen molar-refractivity contribution in [3.8, 4) is 0 Å². The lowest BCUT2D eigenvalue weighted by Gasteiger charge is -2.42. The minimum Gasteiger partial charge on any atom is -0.311 e. The number of benzene rings is 6. The summed E-state index contributed by atoms with van der Waals surface area (Å²) in [5.74, 6) is 2.42. The smallest absolute Gasteiger partial charge is 0.240 e. The van der Waals surface area contributed by atoms with Gasteiger partial charge in [0.1, 0.15) is 0 Å². The first-order valence-corrected chi connectivity index (χ1v) is 25.8. The van der Waals surface area contributed by atoms with Crippen LogP contribution in [0.15, 0.2) is 139 Å². The summed E-state index contributed by atoms with van der Waals surface area (Å²) < 4.78 is 0. The van der Waals surface area contributed by atoms with Crippen LogP contribution in [-0.4, -0.2) is 21.5 Å². The van der Waals surface area contributed by atoms with Gasteiger partial charge in [0.2, 0.25) is 13.4 Å². The lowest BCUT2D eigenvalue weighted by molar-refractivity contribution is 0.812. The normalized spacial score (nSPS) is 14.9. The second-order valence-electron chi connectivity index (χ2n) is 20.4. The average molecular weight is 826 g/mol. The predicted molar refractivity (Wildman–Crippen MR) is 278 cm³/mol. The fraction of sp³-hybridized carbons (Fsp3) is 0.310. The van der Waals surface area contributed by atoms with Gasteiger partial charge in [-0.1, -0.05) is 230 Å². The maximum Gasteiger partial charge on any atom is 0.240 e. The van der Waals surface area contributed by atoms with Crippen molar-refractivity contribution in [2.45, 2.75) is 119 Å². The van der Waals surface area contributed by atoms with Crippen LogP contribution in [0.5, 0.6) is 0 Å². The molecule has 0 radical (unpaired) electrons. The maximum atomic E-state index is 2.63. The highest BCUT2D eigenvalue weighted by molar-refractivity contribution is 7.12. The first-order chi connectivity index (χ1) is 29.7. The molecule has 1 spiro atoms. The molecule has 3 heterocycles. The molecule has 0 N–H and O–H groups in total. The average Bonchev–Trinajstić information content (AvgIpc) is 3.75. The molecule has 0 saturated carbocycles. The molecule has 0 atom stereocenters. The first kappa shape index (κ1) is 42.3. The Hall–Kier alpha value is -5.05. The summed E-state index contributed by atoms with van der Waals surface area (Å²) in [6, 6.07) is 46.0. The van der Waals surface area contributed by atoms with Gasteiger partial charge in [0.05, 0.1) is 0 Å². The van der Waals surface area contributed by atoms with Crippen molar-refractivity contribution in [1.29, 1.82) is 0 Å². The van der Waals surface area contributed by atoms with Crippen molar-refractivity contribution < 1.29 is 0 Å². The molecule has 9 rings (SSSR count). The number of hydrogen-bond donors (Lipinski definition) is 0. The molecule has 6 aromatic rings. The summed E-state index contributed by atoms with van der Waals surface area (Å²) in [7, 11) is -2.24. The quantitative estimate of drug-likeness (QED) is 0.131. The number of nitrogens with zero attached hydrogens (tertiary/aromatic N) is 1. The summed E-state index contributed by atoms with van der Waals surface area (Å²) in [4.78, 5) is 2.60. The third kappa shape index (κ3) is 6.75. The van der Waals surface area contributed by atoms with Gasteiger partial charge in [-0.3, -0.25) is 0 Å². The van der Waals surface area contributed by atoms with E-state index in [-0.39, 0.29) is 13.4 Å². The van der Waals surface area contributed by atoms with Crippen molar-refractivity contribution in [2.24, 2.45) is 0 Å². The standard InChI is InChI=1S/C58H65B2NSi/c1-36(2)42-31-45(38(5)6)57(46(32-42)39(7)8)59-49-21-13-14-22-50(49)60(58-47(40(9)10)33-43(37(3)4)34-48(58)41(11)12)52-35-44(27-28-51(52)59)61-53-23-15-17-25-55(53)62(29-19-20-30-62)56-26-18-16-24-54(56)61/h13-41H,1-12H3. The van der Waals surface area contributed by atoms with Crippen LogP contribution in [0.4, 0.5) is 17.1 Å². The molecule has 4 heteroatoms. The van der Waals surface area contributed by atoms with Gasteiger partial charge in [0, 0.05) is 17.1 Å². The lowest BCUT2D eigenvalue weighted by Crippen LogP contribution is -2.76. The minimum atomic E-state index is -2.24. The highest BCUT2D eigenvalue weighted by Crippen LogP contribution is 2.39. The van der Waals surface area contributed by atoms with E-state index < -0.39 is 8.07 Å². The number of anilines is 3. The minimum absolute atomic E-state index is 0.0741. The van der Waals surface area contributed by atoms with Crippen LogP contribution < -0.4 is 48.1 Å². The van der Waals surface area contributed by atoms with Gasteiger partial charge in [-0.25, -0.2) is 0 Å². The molecule has 0 saturated heterocycles. The number of fused-ring (bicyclic) bond motifs is 6. The van der Waals surface area contributed by atoms with Crippen LogP contribution in [0.1, 0.15) is 152 Å². The molecule has 3 aliphatic rings. The fourth-order valence-corrected chi connectivity index (χ4v) is 15.2. The molecule has 0 aromatic heterocycles. The fourth-order valence-electron chi connectivity index (χ4n) is 11.3. The van der Waals surface area contributed by atoms with Crippen molar-refractivity contribution in [2.75, 3.05) is 4.90 Å². The molecule has 0 fully saturated rings. The largest absolute Gasteiger partial charge is 0.311 e. The Balaban J connectivity index is 1.40. The zero-order valence-corrected chi connectivity index (χ0v) is 40.3. The number of rotatable bonds is 9. The Kier molecular flexibility index (Phi) is 11.1. The summed E-state index contributed by atoms with van der Waals surface area (Å²) in [5, 5.41) is 2.92. The van der Waals surface area contributed by atoms with Gasteiger partial charge in [0.15, 0.2) is 8.07 Å². The van der Waals surface area contributed by atoms with Crippen molar-refractivity contribution >= 4 is 81.7 Å². The van der Waals surface area contributed by atoms with Gasteiger partial charge in [-0.05, 0) is 104 Å². The number of hydrogen-bond acceptors (Lipinski definition) is 1. The molecular weight excluding hydrogens is 760 g/mol. The topological polar surface area (TPSA) is 3.24 Å². The Morgan fingerprint density at radius 2 is 0.758 bits per heavy atom. The Labute approximate surface area is 375 Å². The lowest BCUT2D eigenvalue weighted by atomic mass is 9.20. The van der Waals surface area contributed by atoms with Crippen LogP contribution in [0.25, 0.3) is 0 Å². The molecule has 62 heavy (non-hydrogen) atoms. The van der Waals surface area contributed by atoms with E-state index >= 15 is 0 Å². The van der Waals surface area contributed by atoms with Gasteiger partial charge < -0.3 is 4.90 Å². The second kappa shape index (κ2) is 16.3. The summed E-state index contributed by atoms with van der Waals surface area (Å²) in [6.45, 7) is 28.9. The van der Waals surface area contributed by atoms with E-state index in [1.807, 2.05) is 0 Å². The monoisotopic (exact) mass is 826 g/mol. The molecule has 312 valence electrons. The molecule has 0 amide bonds. The SMILES string of the molecule is CC(C)c1cc(C(C)C)c(B2c3ccccc3B(c3c(C(C)C)cc(C(C)C)cc3C(C)C)c3cc(N4c5ccccc5[Si]5(C=CC=C5)c5ccccc54)ccc32)c(C(C)C)c1. The van der Waals surface area contributed by atoms with E-state index in [1.54, 1.807) is 0 Å². The van der Waals surface area contributed by atoms with Gasteiger partial charge in [-0.15, -0.1) is 0 Å². The molecule has 0 aliphatic carbocycles. The van der Waals surface area contributed by atoms with Crippen LogP contribution in [0, 0.1) is 0 Å². The summed E-state index contributed by atoms with van der Waals surface area (Å²) >= 11 is 0. The van der Waals surface area contributed by atoms with Crippen LogP contribution >= 0.6 is 0 Å².